The first-order valence-electron chi connectivity index (χ1n) is 6.15. The number of fused-ring (bicyclic) bond motifs is 1. The molecule has 1 atom stereocenters. The Morgan fingerprint density at radius 3 is 2.95 bits per heavy atom. The zero-order valence-corrected chi connectivity index (χ0v) is 11.4. The van der Waals surface area contributed by atoms with Gasteiger partial charge in [-0.3, -0.25) is 0 Å². The van der Waals surface area contributed by atoms with Gasteiger partial charge in [-0.25, -0.2) is 0 Å². The lowest BCUT2D eigenvalue weighted by atomic mass is 10.2. The van der Waals surface area contributed by atoms with Crippen molar-refractivity contribution in [1.82, 2.24) is 10.1 Å². The smallest absolute Gasteiger partial charge is 0.293 e. The van der Waals surface area contributed by atoms with E-state index in [1.165, 1.54) is 5.56 Å². The molecule has 0 saturated heterocycles. The first-order chi connectivity index (χ1) is 9.17. The largest absolute Gasteiger partial charge is 0.451 e. The van der Waals surface area contributed by atoms with Crippen LogP contribution in [0.4, 0.5) is 0 Å². The molecular formula is C14H13ClN2O2. The molecule has 98 valence electrons. The Bertz CT molecular complexity index is 717. The van der Waals surface area contributed by atoms with Gasteiger partial charge in [0.15, 0.2) is 11.6 Å². The van der Waals surface area contributed by atoms with Gasteiger partial charge in [-0.15, -0.1) is 11.6 Å². The van der Waals surface area contributed by atoms with Crippen molar-refractivity contribution in [2.24, 2.45) is 0 Å². The summed E-state index contributed by atoms with van der Waals surface area (Å²) >= 11 is 6.08. The fourth-order valence-corrected chi connectivity index (χ4v) is 2.00. The van der Waals surface area contributed by atoms with Crippen LogP contribution in [-0.2, 0) is 0 Å². The quantitative estimate of drug-likeness (QED) is 0.662. The third-order valence-corrected chi connectivity index (χ3v) is 3.47. The van der Waals surface area contributed by atoms with Crippen LogP contribution in [0.25, 0.3) is 22.6 Å². The van der Waals surface area contributed by atoms with Gasteiger partial charge in [-0.1, -0.05) is 23.7 Å². The number of nitrogens with zero attached hydrogens (tertiary/aromatic N) is 2. The zero-order chi connectivity index (χ0) is 13.4. The van der Waals surface area contributed by atoms with Crippen LogP contribution in [0.2, 0.25) is 0 Å². The topological polar surface area (TPSA) is 52.1 Å². The van der Waals surface area contributed by atoms with Crippen LogP contribution in [-0.4, -0.2) is 10.1 Å². The number of benzene rings is 1. The Hall–Kier alpha value is -1.81. The molecular weight excluding hydrogens is 264 g/mol. The zero-order valence-electron chi connectivity index (χ0n) is 10.7. The summed E-state index contributed by atoms with van der Waals surface area (Å²) < 4.78 is 10.9. The molecule has 2 heterocycles. The predicted molar refractivity (Wildman–Crippen MR) is 73.1 cm³/mol. The van der Waals surface area contributed by atoms with Gasteiger partial charge in [0.25, 0.3) is 5.89 Å². The highest BCUT2D eigenvalue weighted by atomic mass is 35.5. The lowest BCUT2D eigenvalue weighted by molar-refractivity contribution is 0.410. The lowest BCUT2D eigenvalue weighted by Gasteiger charge is -1.95. The number of rotatable bonds is 3. The van der Waals surface area contributed by atoms with Crippen molar-refractivity contribution in [1.29, 1.82) is 0 Å². The molecule has 0 saturated carbocycles. The summed E-state index contributed by atoms with van der Waals surface area (Å²) in [5, 5.41) is 4.66. The molecule has 0 spiro atoms. The molecule has 1 aromatic carbocycles. The van der Waals surface area contributed by atoms with Crippen LogP contribution in [0.3, 0.4) is 0 Å². The molecule has 19 heavy (non-hydrogen) atoms. The average molecular weight is 277 g/mol. The van der Waals surface area contributed by atoms with Gasteiger partial charge in [0.1, 0.15) is 5.58 Å². The van der Waals surface area contributed by atoms with Gasteiger partial charge < -0.3 is 8.94 Å². The second-order valence-corrected chi connectivity index (χ2v) is 5.01. The third kappa shape index (κ3) is 2.24. The van der Waals surface area contributed by atoms with Crippen molar-refractivity contribution in [2.45, 2.75) is 25.6 Å². The molecule has 0 amide bonds. The highest BCUT2D eigenvalue weighted by Gasteiger charge is 2.17. The predicted octanol–water partition coefficient (Wildman–Crippen LogP) is 4.48. The normalized spacial score (nSPS) is 13.0. The van der Waals surface area contributed by atoms with E-state index in [9.17, 15) is 0 Å². The van der Waals surface area contributed by atoms with E-state index < -0.39 is 0 Å². The summed E-state index contributed by atoms with van der Waals surface area (Å²) in [5.41, 5.74) is 1.98. The molecule has 5 heteroatoms. The first-order valence-corrected chi connectivity index (χ1v) is 6.59. The molecule has 0 aliphatic carbocycles. The van der Waals surface area contributed by atoms with Crippen molar-refractivity contribution in [2.75, 3.05) is 0 Å². The van der Waals surface area contributed by atoms with Gasteiger partial charge >= 0.3 is 0 Å². The fourth-order valence-electron chi connectivity index (χ4n) is 1.91. The summed E-state index contributed by atoms with van der Waals surface area (Å²) in [6.45, 7) is 4.01. The first kappa shape index (κ1) is 12.2. The van der Waals surface area contributed by atoms with Gasteiger partial charge in [-0.2, -0.15) is 4.98 Å². The van der Waals surface area contributed by atoms with E-state index in [1.54, 1.807) is 0 Å². The number of halogens is 1. The van der Waals surface area contributed by atoms with Crippen LogP contribution >= 0.6 is 11.6 Å². The van der Waals surface area contributed by atoms with Crippen molar-refractivity contribution in [3.8, 4) is 11.7 Å². The SMILES string of the molecule is CCC(Cl)c1noc(-c2cc3cc(C)ccc3o2)n1. The summed E-state index contributed by atoms with van der Waals surface area (Å²) in [4.78, 5) is 4.27. The highest BCUT2D eigenvalue weighted by molar-refractivity contribution is 6.20. The Morgan fingerprint density at radius 1 is 1.32 bits per heavy atom. The average Bonchev–Trinajstić information content (AvgIpc) is 3.03. The molecule has 0 bridgehead atoms. The van der Waals surface area contributed by atoms with E-state index in [0.717, 1.165) is 17.4 Å². The van der Waals surface area contributed by atoms with Crippen molar-refractivity contribution >= 4 is 22.6 Å². The summed E-state index contributed by atoms with van der Waals surface area (Å²) in [6.07, 6.45) is 0.750. The number of hydrogen-bond donors (Lipinski definition) is 0. The molecule has 2 aromatic heterocycles. The second-order valence-electron chi connectivity index (χ2n) is 4.49. The molecule has 0 N–H and O–H groups in total. The van der Waals surface area contributed by atoms with E-state index in [4.69, 9.17) is 20.5 Å². The number of aromatic nitrogens is 2. The minimum atomic E-state index is -0.232. The minimum Gasteiger partial charge on any atom is -0.451 e. The van der Waals surface area contributed by atoms with Gasteiger partial charge in [0.2, 0.25) is 0 Å². The number of alkyl halides is 1. The Morgan fingerprint density at radius 2 is 2.16 bits per heavy atom. The lowest BCUT2D eigenvalue weighted by Crippen LogP contribution is -1.90. The maximum atomic E-state index is 6.08. The van der Waals surface area contributed by atoms with Crippen LogP contribution in [0, 0.1) is 6.92 Å². The summed E-state index contributed by atoms with van der Waals surface area (Å²) in [5.74, 6) is 1.43. The summed E-state index contributed by atoms with van der Waals surface area (Å²) in [7, 11) is 0. The van der Waals surface area contributed by atoms with Crippen LogP contribution in [0.15, 0.2) is 33.2 Å². The van der Waals surface area contributed by atoms with Gasteiger partial charge in [-0.05, 0) is 31.5 Å². The van der Waals surface area contributed by atoms with Crippen molar-refractivity contribution < 1.29 is 8.94 Å². The molecule has 0 radical (unpaired) electrons. The molecule has 3 rings (SSSR count). The third-order valence-electron chi connectivity index (χ3n) is 2.96. The van der Waals surface area contributed by atoms with Crippen LogP contribution in [0.5, 0.6) is 0 Å². The number of hydrogen-bond acceptors (Lipinski definition) is 4. The molecule has 3 aromatic rings. The molecule has 4 nitrogen and oxygen atoms in total. The minimum absolute atomic E-state index is 0.232. The highest BCUT2D eigenvalue weighted by Crippen LogP contribution is 2.29. The van der Waals surface area contributed by atoms with Gasteiger partial charge in [0, 0.05) is 5.39 Å². The van der Waals surface area contributed by atoms with E-state index in [1.807, 2.05) is 32.0 Å². The molecule has 0 fully saturated rings. The summed E-state index contributed by atoms with van der Waals surface area (Å²) in [6, 6.07) is 7.88. The number of aryl methyl sites for hydroxylation is 1. The Kier molecular flexibility index (Phi) is 3.03. The maximum absolute atomic E-state index is 6.08. The van der Waals surface area contributed by atoms with E-state index in [2.05, 4.69) is 16.2 Å². The van der Waals surface area contributed by atoms with Crippen LogP contribution < -0.4 is 0 Å². The van der Waals surface area contributed by atoms with E-state index in [-0.39, 0.29) is 5.38 Å². The van der Waals surface area contributed by atoms with E-state index in [0.29, 0.717) is 17.5 Å². The van der Waals surface area contributed by atoms with Crippen molar-refractivity contribution in [3.63, 3.8) is 0 Å². The van der Waals surface area contributed by atoms with E-state index >= 15 is 0 Å². The molecule has 0 aliphatic rings. The van der Waals surface area contributed by atoms with Crippen LogP contribution in [0.1, 0.15) is 30.1 Å². The number of furan rings is 1. The molecule has 0 aliphatic heterocycles. The Labute approximate surface area is 115 Å². The molecule has 1 unspecified atom stereocenters. The second kappa shape index (κ2) is 4.70. The monoisotopic (exact) mass is 276 g/mol. The Balaban J connectivity index is 2.01. The fraction of sp³-hybridized carbons (Fsp3) is 0.286. The maximum Gasteiger partial charge on any atom is 0.293 e. The van der Waals surface area contributed by atoms with Crippen molar-refractivity contribution in [3.05, 3.63) is 35.7 Å². The standard InChI is InChI=1S/C14H13ClN2O2/c1-3-10(15)13-16-14(19-17-13)12-7-9-6-8(2)4-5-11(9)18-12/h4-7,10H,3H2,1-2H3. The van der Waals surface area contributed by atoms with Gasteiger partial charge in [0.05, 0.1) is 5.38 Å².